The van der Waals surface area contributed by atoms with Crippen LogP contribution in [0.3, 0.4) is 0 Å². The van der Waals surface area contributed by atoms with Crippen LogP contribution in [0.4, 0.5) is 5.69 Å². The van der Waals surface area contributed by atoms with Gasteiger partial charge in [0.2, 0.25) is 0 Å². The first kappa shape index (κ1) is 21.1. The third kappa shape index (κ3) is 4.38. The minimum absolute atomic E-state index is 0.0161. The van der Waals surface area contributed by atoms with Gasteiger partial charge >= 0.3 is 0 Å². The van der Waals surface area contributed by atoms with Crippen LogP contribution in [0, 0.1) is 5.92 Å². The summed E-state index contributed by atoms with van der Waals surface area (Å²) in [6.07, 6.45) is 9.35. The summed E-state index contributed by atoms with van der Waals surface area (Å²) in [5, 5.41) is 14.6. The van der Waals surface area contributed by atoms with Gasteiger partial charge in [0.25, 0.3) is 5.91 Å². The third-order valence-corrected chi connectivity index (χ3v) is 4.89. The number of hydrogen-bond donors (Lipinski definition) is 2. The van der Waals surface area contributed by atoms with Gasteiger partial charge in [0.15, 0.2) is 0 Å². The highest BCUT2D eigenvalue weighted by atomic mass is 16.3. The number of phenols is 1. The molecule has 28 heavy (non-hydrogen) atoms. The Morgan fingerprint density at radius 3 is 2.82 bits per heavy atom. The van der Waals surface area contributed by atoms with Gasteiger partial charge in [-0.3, -0.25) is 4.79 Å². The third-order valence-electron chi connectivity index (χ3n) is 4.89. The molecule has 5 nitrogen and oxygen atoms in total. The number of carbonyl (C=O) groups excluding carboxylic acids is 2. The molecule has 1 heterocycles. The molecule has 0 radical (unpaired) electrons. The number of fused-ring (bicyclic) bond motifs is 1. The van der Waals surface area contributed by atoms with Gasteiger partial charge in [-0.05, 0) is 50.2 Å². The fourth-order valence-electron chi connectivity index (χ4n) is 3.30. The van der Waals surface area contributed by atoms with E-state index >= 15 is 0 Å². The second kappa shape index (κ2) is 9.16. The van der Waals surface area contributed by atoms with Gasteiger partial charge in [0, 0.05) is 22.4 Å². The Morgan fingerprint density at radius 2 is 2.18 bits per heavy atom. The lowest BCUT2D eigenvalue weighted by Crippen LogP contribution is -2.33. The molecule has 0 saturated heterocycles. The topological polar surface area (TPSA) is 78.8 Å². The Kier molecular flexibility index (Phi) is 6.91. The van der Waals surface area contributed by atoms with Crippen LogP contribution in [0.5, 0.6) is 5.75 Å². The number of allylic oxidation sites excluding steroid dienone is 4. The number of rotatable bonds is 8. The molecule has 1 amide bonds. The molecule has 1 aliphatic heterocycles. The largest absolute Gasteiger partial charge is 0.507 e. The monoisotopic (exact) mass is 378 g/mol. The predicted octanol–water partition coefficient (Wildman–Crippen LogP) is 3.52. The molecule has 0 saturated carbocycles. The van der Waals surface area contributed by atoms with Crippen LogP contribution < -0.4 is 15.9 Å². The van der Waals surface area contributed by atoms with Crippen LogP contribution in [-0.2, 0) is 9.59 Å². The van der Waals surface area contributed by atoms with Gasteiger partial charge in [-0.15, -0.1) is 6.58 Å². The number of hydrogen-bond acceptors (Lipinski definition) is 4. The first-order valence-corrected chi connectivity index (χ1v) is 9.26. The highest BCUT2D eigenvalue weighted by molar-refractivity contribution is 5.99. The van der Waals surface area contributed by atoms with Gasteiger partial charge in [-0.25, -0.2) is 9.79 Å². The van der Waals surface area contributed by atoms with E-state index in [9.17, 15) is 14.7 Å². The zero-order chi connectivity index (χ0) is 20.8. The molecule has 0 aliphatic carbocycles. The maximum absolute atomic E-state index is 11.8. The van der Waals surface area contributed by atoms with Crippen molar-refractivity contribution in [3.05, 3.63) is 52.7 Å². The molecule has 0 bridgehead atoms. The van der Waals surface area contributed by atoms with E-state index in [-0.39, 0.29) is 5.75 Å². The number of phenolic OH excluding ortho intramolecular Hbond substituents is 1. The van der Waals surface area contributed by atoms with Crippen molar-refractivity contribution in [1.29, 1.82) is 0 Å². The number of aromatic hydroxyl groups is 1. The van der Waals surface area contributed by atoms with Crippen molar-refractivity contribution < 1.29 is 14.7 Å². The zero-order valence-corrected chi connectivity index (χ0v) is 16.6. The smallest absolute Gasteiger partial charge is 0.270 e. The second-order valence-corrected chi connectivity index (χ2v) is 7.02. The number of carbonyl (C=O) groups is 1. The molecule has 0 unspecified atom stereocenters. The standard InChI is InChI=1S/C23H26N2O3/c1-6-14(2)9-7-8-10-15(3)19-21(24-11-12-26)17(5)22-20(23(19)28)16(4)13-18(27)25-22/h6,10-11,13-14,24,28H,1,5,7-9H2,2-4H3/b15-10-/t14-/m0/s1. The average Bonchev–Trinajstić information content (AvgIpc) is 2.65. The summed E-state index contributed by atoms with van der Waals surface area (Å²) in [5.74, 6) is 1.74. The number of anilines is 1. The minimum atomic E-state index is -0.400. The molecule has 1 atom stereocenters. The average molecular weight is 378 g/mol. The summed E-state index contributed by atoms with van der Waals surface area (Å²) >= 11 is 0. The maximum atomic E-state index is 11.8. The summed E-state index contributed by atoms with van der Waals surface area (Å²) in [6.45, 7) is 13.6. The molecule has 1 aromatic rings. The van der Waals surface area contributed by atoms with Crippen molar-refractivity contribution in [2.75, 3.05) is 5.32 Å². The number of unbranched alkanes of at least 4 members (excludes halogenated alkanes) is 1. The van der Waals surface area contributed by atoms with Crippen molar-refractivity contribution in [2.45, 2.75) is 40.0 Å². The van der Waals surface area contributed by atoms with Crippen molar-refractivity contribution >= 4 is 35.3 Å². The molecule has 2 N–H and O–H groups in total. The van der Waals surface area contributed by atoms with E-state index in [1.807, 2.05) is 13.0 Å². The van der Waals surface area contributed by atoms with Gasteiger partial charge in [0.1, 0.15) is 11.7 Å². The Morgan fingerprint density at radius 1 is 1.46 bits per heavy atom. The van der Waals surface area contributed by atoms with Crippen molar-refractivity contribution in [3.8, 4) is 5.75 Å². The van der Waals surface area contributed by atoms with Crippen molar-refractivity contribution in [3.63, 3.8) is 0 Å². The molecule has 5 heteroatoms. The summed E-state index contributed by atoms with van der Waals surface area (Å²) in [5.41, 5.74) is 2.96. The van der Waals surface area contributed by atoms with Crippen LogP contribution in [0.1, 0.15) is 51.2 Å². The lowest BCUT2D eigenvalue weighted by Gasteiger charge is -2.19. The molecule has 0 aromatic heterocycles. The van der Waals surface area contributed by atoms with E-state index < -0.39 is 5.91 Å². The summed E-state index contributed by atoms with van der Waals surface area (Å²) < 4.78 is 0. The fourth-order valence-corrected chi connectivity index (χ4v) is 3.30. The quantitative estimate of drug-likeness (QED) is 0.412. The lowest BCUT2D eigenvalue weighted by molar-refractivity contribution is -0.113. The number of amides is 1. The molecule has 1 aromatic carbocycles. The fraction of sp³-hybridized carbons (Fsp3) is 0.304. The second-order valence-electron chi connectivity index (χ2n) is 7.02. The lowest BCUT2D eigenvalue weighted by atomic mass is 9.92. The minimum Gasteiger partial charge on any atom is -0.507 e. The van der Waals surface area contributed by atoms with Crippen LogP contribution in [0.15, 0.2) is 36.0 Å². The highest BCUT2D eigenvalue weighted by Gasteiger charge is 2.22. The Balaban J connectivity index is 2.59. The number of nitrogens with zero attached hydrogens (tertiary/aromatic N) is 1. The van der Waals surface area contributed by atoms with Crippen LogP contribution >= 0.6 is 0 Å². The van der Waals surface area contributed by atoms with Crippen LogP contribution in [0.25, 0.3) is 17.7 Å². The maximum Gasteiger partial charge on any atom is 0.270 e. The van der Waals surface area contributed by atoms with Crippen LogP contribution in [-0.4, -0.2) is 17.0 Å². The zero-order valence-electron chi connectivity index (χ0n) is 16.6. The first-order valence-electron chi connectivity index (χ1n) is 9.26. The van der Waals surface area contributed by atoms with Gasteiger partial charge in [-0.2, -0.15) is 0 Å². The van der Waals surface area contributed by atoms with E-state index in [4.69, 9.17) is 0 Å². The Bertz CT molecular complexity index is 1030. The molecule has 146 valence electrons. The Labute approximate surface area is 165 Å². The summed E-state index contributed by atoms with van der Waals surface area (Å²) in [4.78, 5) is 26.6. The van der Waals surface area contributed by atoms with E-state index in [0.29, 0.717) is 38.9 Å². The molecule has 0 fully saturated rings. The first-order chi connectivity index (χ1) is 13.3. The molecule has 2 rings (SSSR count). The summed E-state index contributed by atoms with van der Waals surface area (Å²) in [7, 11) is 0. The normalized spacial score (nSPS) is 14.3. The highest BCUT2D eigenvalue weighted by Crippen LogP contribution is 2.35. The Hall–Kier alpha value is -3.17. The predicted molar refractivity (Wildman–Crippen MR) is 114 cm³/mol. The number of benzene rings is 1. The number of nitrogens with one attached hydrogen (secondary N) is 1. The van der Waals surface area contributed by atoms with E-state index in [1.54, 1.807) is 12.9 Å². The van der Waals surface area contributed by atoms with Gasteiger partial charge in [0.05, 0.1) is 17.2 Å². The van der Waals surface area contributed by atoms with Gasteiger partial charge < -0.3 is 10.4 Å². The van der Waals surface area contributed by atoms with Crippen molar-refractivity contribution in [1.82, 2.24) is 0 Å². The SMILES string of the molecule is C=C[C@H](C)CCC/C=C(/C)c1c(O)c2c(c(=C)c1NC=C=O)=NC(=O)C=C2C. The molecule has 0 spiro atoms. The van der Waals surface area contributed by atoms with E-state index in [1.165, 1.54) is 6.08 Å². The van der Waals surface area contributed by atoms with E-state index in [0.717, 1.165) is 31.0 Å². The van der Waals surface area contributed by atoms with Gasteiger partial charge in [-0.1, -0.05) is 25.7 Å². The van der Waals surface area contributed by atoms with Crippen molar-refractivity contribution in [2.24, 2.45) is 10.9 Å². The molecule has 1 aliphatic rings. The molecular weight excluding hydrogens is 352 g/mol. The van der Waals surface area contributed by atoms with E-state index in [2.05, 4.69) is 36.5 Å². The van der Waals surface area contributed by atoms with Crippen LogP contribution in [0.2, 0.25) is 0 Å². The molecular formula is C23H26N2O3. The summed E-state index contributed by atoms with van der Waals surface area (Å²) in [6, 6.07) is 0.